The molecule has 0 radical (unpaired) electrons. The molecule has 1 fully saturated rings. The molecule has 0 bridgehead atoms. The number of thiocarbonyl (C=S) groups is 2. The monoisotopic (exact) mass is 336 g/mol. The predicted octanol–water partition coefficient (Wildman–Crippen LogP) is 2.61. The number of hydrogen-bond acceptors (Lipinski definition) is 2. The summed E-state index contributed by atoms with van der Waals surface area (Å²) in [6.45, 7) is 2.97. The Morgan fingerprint density at radius 3 is 2.45 bits per heavy atom. The van der Waals surface area contributed by atoms with Crippen LogP contribution >= 0.6 is 24.4 Å². The lowest BCUT2D eigenvalue weighted by Gasteiger charge is -2.30. The number of rotatable bonds is 3. The quantitative estimate of drug-likeness (QED) is 0.503. The third kappa shape index (κ3) is 5.77. The van der Waals surface area contributed by atoms with Crippen molar-refractivity contribution in [3.8, 4) is 0 Å². The zero-order chi connectivity index (χ0) is 15.8. The lowest BCUT2D eigenvalue weighted by atomic mass is 9.86. The Hall–Kier alpha value is -1.40. The molecule has 1 aliphatic rings. The van der Waals surface area contributed by atoms with Crippen LogP contribution in [0, 0.1) is 5.92 Å². The topological polar surface area (TPSA) is 48.1 Å². The van der Waals surface area contributed by atoms with Gasteiger partial charge in [-0.1, -0.05) is 50.1 Å². The Labute approximate surface area is 143 Å². The molecule has 1 aromatic carbocycles. The summed E-state index contributed by atoms with van der Waals surface area (Å²) in [6.07, 6.45) is 5.05. The van der Waals surface area contributed by atoms with Gasteiger partial charge in [-0.25, -0.2) is 0 Å². The number of nitrogens with one attached hydrogen (secondary N) is 4. The molecule has 2 rings (SSSR count). The first-order chi connectivity index (χ1) is 10.6. The summed E-state index contributed by atoms with van der Waals surface area (Å²) in [5, 5.41) is 7.64. The van der Waals surface area contributed by atoms with Gasteiger partial charge in [0.2, 0.25) is 0 Å². The van der Waals surface area contributed by atoms with Crippen molar-refractivity contribution in [3.05, 3.63) is 35.9 Å². The summed E-state index contributed by atoms with van der Waals surface area (Å²) >= 11 is 10.5. The molecule has 4 nitrogen and oxygen atoms in total. The van der Waals surface area contributed by atoms with Crippen molar-refractivity contribution >= 4 is 34.7 Å². The first kappa shape index (κ1) is 17.0. The summed E-state index contributed by atoms with van der Waals surface area (Å²) in [5.74, 6) is 0.664. The number of benzene rings is 1. The maximum absolute atomic E-state index is 5.31. The minimum Gasteiger partial charge on any atom is -0.358 e. The van der Waals surface area contributed by atoms with Crippen LogP contribution < -0.4 is 21.5 Å². The Bertz CT molecular complexity index is 492. The minimum absolute atomic E-state index is 0.460. The van der Waals surface area contributed by atoms with Crippen molar-refractivity contribution in [2.45, 2.75) is 45.2 Å². The second-order valence-corrected chi connectivity index (χ2v) is 6.58. The molecule has 22 heavy (non-hydrogen) atoms. The highest BCUT2D eigenvalue weighted by molar-refractivity contribution is 7.80. The van der Waals surface area contributed by atoms with Gasteiger partial charge in [-0.15, -0.1) is 0 Å². The molecule has 0 amide bonds. The van der Waals surface area contributed by atoms with E-state index in [0.29, 0.717) is 28.7 Å². The summed E-state index contributed by atoms with van der Waals surface area (Å²) < 4.78 is 0. The van der Waals surface area contributed by atoms with E-state index >= 15 is 0 Å². The summed E-state index contributed by atoms with van der Waals surface area (Å²) in [5.41, 5.74) is 7.06. The fourth-order valence-electron chi connectivity index (χ4n) is 2.67. The van der Waals surface area contributed by atoms with Gasteiger partial charge >= 0.3 is 0 Å². The lowest BCUT2D eigenvalue weighted by molar-refractivity contribution is 0.308. The second-order valence-electron chi connectivity index (χ2n) is 5.76. The van der Waals surface area contributed by atoms with Gasteiger partial charge in [-0.2, -0.15) is 0 Å². The van der Waals surface area contributed by atoms with Crippen molar-refractivity contribution < 1.29 is 0 Å². The number of hydrogen-bond donors (Lipinski definition) is 4. The largest absolute Gasteiger partial charge is 0.358 e. The highest BCUT2D eigenvalue weighted by Crippen LogP contribution is 2.23. The standard InChI is InChI=1S/C16H24N4S2/c1-12-7-5-6-10-14(12)18-16(22)20-19-15(21)17-11-13-8-3-2-4-9-13/h2-4,8-9,12,14H,5-7,10-11H2,1H3,(H2,17,19,21)(H2,18,20,22)/t12-,14+/m0/s1. The van der Waals surface area contributed by atoms with Gasteiger partial charge in [0.1, 0.15) is 0 Å². The molecule has 0 aromatic heterocycles. The van der Waals surface area contributed by atoms with E-state index in [4.69, 9.17) is 24.4 Å². The van der Waals surface area contributed by atoms with Crippen molar-refractivity contribution in [2.75, 3.05) is 0 Å². The van der Waals surface area contributed by atoms with Crippen molar-refractivity contribution in [1.29, 1.82) is 0 Å². The van der Waals surface area contributed by atoms with Crippen LogP contribution in [0.3, 0.4) is 0 Å². The molecule has 2 atom stereocenters. The third-order valence-corrected chi connectivity index (χ3v) is 4.48. The van der Waals surface area contributed by atoms with E-state index in [2.05, 4.69) is 40.5 Å². The van der Waals surface area contributed by atoms with Gasteiger partial charge in [0.05, 0.1) is 0 Å². The van der Waals surface area contributed by atoms with Crippen molar-refractivity contribution in [2.24, 2.45) is 5.92 Å². The lowest BCUT2D eigenvalue weighted by Crippen LogP contribution is -2.53. The maximum atomic E-state index is 5.31. The Kier molecular flexibility index (Phi) is 6.86. The summed E-state index contributed by atoms with van der Waals surface area (Å²) in [6, 6.07) is 10.6. The Balaban J connectivity index is 1.64. The molecular formula is C16H24N4S2. The fraction of sp³-hybridized carbons (Fsp3) is 0.500. The average molecular weight is 337 g/mol. The highest BCUT2D eigenvalue weighted by atomic mass is 32.1. The van der Waals surface area contributed by atoms with Gasteiger partial charge < -0.3 is 10.6 Å². The fourth-order valence-corrected chi connectivity index (χ4v) is 3.00. The first-order valence-corrected chi connectivity index (χ1v) is 8.61. The molecule has 120 valence electrons. The normalized spacial score (nSPS) is 20.8. The molecule has 1 saturated carbocycles. The van der Waals surface area contributed by atoms with Crippen LogP contribution in [0.2, 0.25) is 0 Å². The molecule has 0 unspecified atom stereocenters. The molecule has 0 aliphatic heterocycles. The SMILES string of the molecule is C[C@H]1CCCC[C@H]1NC(=S)NNC(=S)NCc1ccccc1. The molecule has 0 saturated heterocycles. The zero-order valence-electron chi connectivity index (χ0n) is 12.9. The van der Waals surface area contributed by atoms with Gasteiger partial charge in [-0.05, 0) is 48.8 Å². The van der Waals surface area contributed by atoms with Gasteiger partial charge in [-0.3, -0.25) is 10.9 Å². The van der Waals surface area contributed by atoms with Gasteiger partial charge in [0.25, 0.3) is 0 Å². The van der Waals surface area contributed by atoms with E-state index in [1.807, 2.05) is 18.2 Å². The van der Waals surface area contributed by atoms with Gasteiger partial charge in [0, 0.05) is 12.6 Å². The molecule has 6 heteroatoms. The zero-order valence-corrected chi connectivity index (χ0v) is 14.5. The van der Waals surface area contributed by atoms with Crippen molar-refractivity contribution in [1.82, 2.24) is 21.5 Å². The smallest absolute Gasteiger partial charge is 0.185 e. The molecular weight excluding hydrogens is 312 g/mol. The maximum Gasteiger partial charge on any atom is 0.185 e. The van der Waals surface area contributed by atoms with Crippen LogP contribution in [0.1, 0.15) is 38.2 Å². The van der Waals surface area contributed by atoms with Crippen LogP contribution in [0.4, 0.5) is 0 Å². The third-order valence-electron chi connectivity index (χ3n) is 4.01. The van der Waals surface area contributed by atoms with Crippen LogP contribution in [-0.4, -0.2) is 16.3 Å². The summed E-state index contributed by atoms with van der Waals surface area (Å²) in [4.78, 5) is 0. The minimum atomic E-state index is 0.460. The van der Waals surface area contributed by atoms with Gasteiger partial charge in [0.15, 0.2) is 10.2 Å². The Morgan fingerprint density at radius 2 is 1.73 bits per heavy atom. The van der Waals surface area contributed by atoms with Crippen LogP contribution in [-0.2, 0) is 6.54 Å². The molecule has 1 aromatic rings. The highest BCUT2D eigenvalue weighted by Gasteiger charge is 2.21. The summed E-state index contributed by atoms with van der Waals surface area (Å²) in [7, 11) is 0. The molecule has 0 spiro atoms. The first-order valence-electron chi connectivity index (χ1n) is 7.79. The van der Waals surface area contributed by atoms with E-state index in [1.54, 1.807) is 0 Å². The molecule has 4 N–H and O–H groups in total. The van der Waals surface area contributed by atoms with Crippen LogP contribution in [0.5, 0.6) is 0 Å². The Morgan fingerprint density at radius 1 is 1.05 bits per heavy atom. The van der Waals surface area contributed by atoms with Crippen molar-refractivity contribution in [3.63, 3.8) is 0 Å². The van der Waals surface area contributed by atoms with E-state index in [0.717, 1.165) is 0 Å². The van der Waals surface area contributed by atoms with E-state index < -0.39 is 0 Å². The predicted molar refractivity (Wildman–Crippen MR) is 99.3 cm³/mol. The average Bonchev–Trinajstić information content (AvgIpc) is 2.54. The van der Waals surface area contributed by atoms with E-state index in [9.17, 15) is 0 Å². The van der Waals surface area contributed by atoms with E-state index in [1.165, 1.54) is 31.2 Å². The molecule has 0 heterocycles. The van der Waals surface area contributed by atoms with Crippen LogP contribution in [0.25, 0.3) is 0 Å². The van der Waals surface area contributed by atoms with Crippen LogP contribution in [0.15, 0.2) is 30.3 Å². The number of hydrazine groups is 1. The van der Waals surface area contributed by atoms with E-state index in [-0.39, 0.29) is 0 Å². The second kappa shape index (κ2) is 8.90. The molecule has 1 aliphatic carbocycles.